The van der Waals surface area contributed by atoms with Gasteiger partial charge in [-0.2, -0.15) is 0 Å². The minimum absolute atomic E-state index is 0.0303. The third kappa shape index (κ3) is 3.64. The fourth-order valence-corrected chi connectivity index (χ4v) is 4.29. The van der Waals surface area contributed by atoms with Gasteiger partial charge in [-0.3, -0.25) is 9.52 Å². The van der Waals surface area contributed by atoms with Crippen molar-refractivity contribution >= 4 is 38.9 Å². The highest BCUT2D eigenvalue weighted by molar-refractivity contribution is 7.92. The monoisotopic (exact) mass is 394 g/mol. The maximum atomic E-state index is 12.6. The van der Waals surface area contributed by atoms with E-state index in [-0.39, 0.29) is 15.8 Å². The SMILES string of the molecule is COc1ccc(S(=O)(=O)Nc2ccc(C)c(N3CCCC3=O)c2)cc1Cl. The number of rotatable bonds is 5. The minimum atomic E-state index is -3.82. The first-order valence-corrected chi connectivity index (χ1v) is 9.95. The Kier molecular flexibility index (Phi) is 5.11. The lowest BCUT2D eigenvalue weighted by molar-refractivity contribution is -0.117. The number of carbonyl (C=O) groups is 1. The summed E-state index contributed by atoms with van der Waals surface area (Å²) in [4.78, 5) is 13.7. The highest BCUT2D eigenvalue weighted by Gasteiger charge is 2.24. The molecule has 1 aliphatic heterocycles. The maximum absolute atomic E-state index is 12.6. The fraction of sp³-hybridized carbons (Fsp3) is 0.278. The molecule has 0 aliphatic carbocycles. The fourth-order valence-electron chi connectivity index (χ4n) is 2.89. The molecule has 1 saturated heterocycles. The van der Waals surface area contributed by atoms with Crippen molar-refractivity contribution in [2.24, 2.45) is 0 Å². The first kappa shape index (κ1) is 18.5. The van der Waals surface area contributed by atoms with Gasteiger partial charge in [0.25, 0.3) is 10.0 Å². The molecule has 0 radical (unpaired) electrons. The van der Waals surface area contributed by atoms with Crippen molar-refractivity contribution in [1.29, 1.82) is 0 Å². The number of halogens is 1. The van der Waals surface area contributed by atoms with Crippen LogP contribution < -0.4 is 14.4 Å². The number of benzene rings is 2. The van der Waals surface area contributed by atoms with E-state index in [1.54, 1.807) is 23.1 Å². The third-order valence-corrected chi connectivity index (χ3v) is 5.93. The second kappa shape index (κ2) is 7.17. The van der Waals surface area contributed by atoms with E-state index < -0.39 is 10.0 Å². The molecule has 0 saturated carbocycles. The van der Waals surface area contributed by atoms with Gasteiger partial charge in [0.05, 0.1) is 22.7 Å². The van der Waals surface area contributed by atoms with Crippen LogP contribution in [-0.4, -0.2) is 28.0 Å². The summed E-state index contributed by atoms with van der Waals surface area (Å²) in [6.45, 7) is 2.53. The zero-order valence-electron chi connectivity index (χ0n) is 14.5. The smallest absolute Gasteiger partial charge is 0.261 e. The molecule has 2 aromatic carbocycles. The average Bonchev–Trinajstić information content (AvgIpc) is 3.02. The van der Waals surface area contributed by atoms with Crippen LogP contribution in [0.5, 0.6) is 5.75 Å². The van der Waals surface area contributed by atoms with Crippen molar-refractivity contribution in [3.63, 3.8) is 0 Å². The van der Waals surface area contributed by atoms with Crippen molar-refractivity contribution in [2.45, 2.75) is 24.7 Å². The first-order chi connectivity index (χ1) is 12.3. The number of carbonyl (C=O) groups excluding carboxylic acids is 1. The molecule has 1 N–H and O–H groups in total. The number of sulfonamides is 1. The molecule has 1 amide bonds. The highest BCUT2D eigenvalue weighted by Crippen LogP contribution is 2.31. The van der Waals surface area contributed by atoms with Crippen LogP contribution in [0.15, 0.2) is 41.3 Å². The van der Waals surface area contributed by atoms with Crippen molar-refractivity contribution in [1.82, 2.24) is 0 Å². The summed E-state index contributed by atoms with van der Waals surface area (Å²) in [5.41, 5.74) is 2.02. The number of ether oxygens (including phenoxy) is 1. The minimum Gasteiger partial charge on any atom is -0.495 e. The van der Waals surface area contributed by atoms with Gasteiger partial charge in [-0.15, -0.1) is 0 Å². The molecule has 0 unspecified atom stereocenters. The second-order valence-corrected chi connectivity index (χ2v) is 8.14. The topological polar surface area (TPSA) is 75.7 Å². The van der Waals surface area contributed by atoms with E-state index in [0.717, 1.165) is 17.7 Å². The Morgan fingerprint density at radius 3 is 2.58 bits per heavy atom. The van der Waals surface area contributed by atoms with Crippen LogP contribution in [0.4, 0.5) is 11.4 Å². The van der Waals surface area contributed by atoms with E-state index in [4.69, 9.17) is 16.3 Å². The summed E-state index contributed by atoms with van der Waals surface area (Å²) in [5.74, 6) is 0.450. The zero-order valence-corrected chi connectivity index (χ0v) is 16.0. The Morgan fingerprint density at radius 1 is 1.19 bits per heavy atom. The Hall–Kier alpha value is -2.25. The van der Waals surface area contributed by atoms with Crippen molar-refractivity contribution in [3.8, 4) is 5.75 Å². The molecule has 138 valence electrons. The summed E-state index contributed by atoms with van der Waals surface area (Å²) in [5, 5.41) is 0.211. The van der Waals surface area contributed by atoms with Crippen LogP contribution in [0, 0.1) is 6.92 Å². The number of hydrogen-bond donors (Lipinski definition) is 1. The lowest BCUT2D eigenvalue weighted by atomic mass is 10.1. The molecular weight excluding hydrogens is 376 g/mol. The summed E-state index contributed by atoms with van der Waals surface area (Å²) in [7, 11) is -2.36. The van der Waals surface area contributed by atoms with Crippen molar-refractivity contribution in [2.75, 3.05) is 23.3 Å². The van der Waals surface area contributed by atoms with Gasteiger partial charge in [-0.05, 0) is 49.2 Å². The number of amides is 1. The lowest BCUT2D eigenvalue weighted by Crippen LogP contribution is -2.24. The van der Waals surface area contributed by atoms with Gasteiger partial charge < -0.3 is 9.64 Å². The summed E-state index contributed by atoms with van der Waals surface area (Å²) < 4.78 is 32.9. The normalized spacial score (nSPS) is 14.6. The molecule has 0 bridgehead atoms. The van der Waals surface area contributed by atoms with Crippen LogP contribution in [0.1, 0.15) is 18.4 Å². The van der Waals surface area contributed by atoms with Gasteiger partial charge in [-0.1, -0.05) is 17.7 Å². The largest absolute Gasteiger partial charge is 0.495 e. The van der Waals surface area contributed by atoms with Crippen LogP contribution in [0.25, 0.3) is 0 Å². The average molecular weight is 395 g/mol. The van der Waals surface area contributed by atoms with Crippen LogP contribution in [0.3, 0.4) is 0 Å². The van der Waals surface area contributed by atoms with Gasteiger partial charge in [0, 0.05) is 18.7 Å². The molecule has 1 heterocycles. The lowest BCUT2D eigenvalue weighted by Gasteiger charge is -2.20. The Bertz CT molecular complexity index is 960. The summed E-state index contributed by atoms with van der Waals surface area (Å²) in [6, 6.07) is 9.40. The molecule has 1 aliphatic rings. The Labute approximate surface area is 157 Å². The summed E-state index contributed by atoms with van der Waals surface area (Å²) >= 11 is 6.03. The number of anilines is 2. The number of hydrogen-bond acceptors (Lipinski definition) is 4. The molecule has 6 nitrogen and oxygen atoms in total. The van der Waals surface area contributed by atoms with E-state index >= 15 is 0 Å². The van der Waals surface area contributed by atoms with E-state index in [2.05, 4.69) is 4.72 Å². The molecule has 26 heavy (non-hydrogen) atoms. The van der Waals surface area contributed by atoms with Gasteiger partial charge in [0.1, 0.15) is 5.75 Å². The van der Waals surface area contributed by atoms with Crippen molar-refractivity contribution in [3.05, 3.63) is 47.0 Å². The van der Waals surface area contributed by atoms with Gasteiger partial charge in [0.15, 0.2) is 0 Å². The van der Waals surface area contributed by atoms with E-state index in [0.29, 0.717) is 24.4 Å². The van der Waals surface area contributed by atoms with E-state index in [9.17, 15) is 13.2 Å². The zero-order chi connectivity index (χ0) is 18.9. The molecule has 1 fully saturated rings. The number of aryl methyl sites for hydroxylation is 1. The molecule has 2 aromatic rings. The highest BCUT2D eigenvalue weighted by atomic mass is 35.5. The standard InChI is InChI=1S/C18H19ClN2O4S/c1-12-5-6-13(10-16(12)21-9-3-4-18(21)22)20-26(23,24)14-7-8-17(25-2)15(19)11-14/h5-8,10-11,20H,3-4,9H2,1-2H3. The Morgan fingerprint density at radius 2 is 1.96 bits per heavy atom. The molecule has 0 atom stereocenters. The number of nitrogens with one attached hydrogen (secondary N) is 1. The molecule has 8 heteroatoms. The first-order valence-electron chi connectivity index (χ1n) is 8.09. The quantitative estimate of drug-likeness (QED) is 0.840. The number of nitrogens with zero attached hydrogens (tertiary/aromatic N) is 1. The van der Waals surface area contributed by atoms with Gasteiger partial charge >= 0.3 is 0 Å². The maximum Gasteiger partial charge on any atom is 0.261 e. The van der Waals surface area contributed by atoms with Crippen LogP contribution in [0.2, 0.25) is 5.02 Å². The molecule has 3 rings (SSSR count). The van der Waals surface area contributed by atoms with Crippen LogP contribution in [-0.2, 0) is 14.8 Å². The summed E-state index contributed by atoms with van der Waals surface area (Å²) in [6.07, 6.45) is 1.32. The molecule has 0 spiro atoms. The predicted octanol–water partition coefficient (Wildman–Crippen LogP) is 3.58. The Balaban J connectivity index is 1.90. The number of methoxy groups -OCH3 is 1. The third-order valence-electron chi connectivity index (χ3n) is 4.26. The molecule has 0 aromatic heterocycles. The van der Waals surface area contributed by atoms with Gasteiger partial charge in [-0.25, -0.2) is 8.42 Å². The van der Waals surface area contributed by atoms with Crippen LogP contribution >= 0.6 is 11.6 Å². The molecular formula is C18H19ClN2O4S. The van der Waals surface area contributed by atoms with E-state index in [1.807, 2.05) is 6.92 Å². The predicted molar refractivity (Wildman–Crippen MR) is 102 cm³/mol. The van der Waals surface area contributed by atoms with E-state index in [1.165, 1.54) is 25.3 Å². The van der Waals surface area contributed by atoms with Crippen molar-refractivity contribution < 1.29 is 17.9 Å². The van der Waals surface area contributed by atoms with Gasteiger partial charge in [0.2, 0.25) is 5.91 Å². The second-order valence-electron chi connectivity index (χ2n) is 6.05.